The summed E-state index contributed by atoms with van der Waals surface area (Å²) in [5.74, 6) is -1.42. The van der Waals surface area contributed by atoms with Gasteiger partial charge in [-0.05, 0) is 32.9 Å². The van der Waals surface area contributed by atoms with Crippen LogP contribution in [0.4, 0.5) is 4.39 Å². The van der Waals surface area contributed by atoms with Crippen LogP contribution in [0, 0.1) is 5.82 Å². The number of ether oxygens (including phenoxy) is 1. The molecule has 0 spiro atoms. The quantitative estimate of drug-likeness (QED) is 0.846. The summed E-state index contributed by atoms with van der Waals surface area (Å²) in [5.41, 5.74) is -0.441. The average molecular weight is 255 g/mol. The van der Waals surface area contributed by atoms with Crippen LogP contribution < -0.4 is 5.32 Å². The molecule has 100 valence electrons. The van der Waals surface area contributed by atoms with Gasteiger partial charge in [0.1, 0.15) is 11.6 Å². The van der Waals surface area contributed by atoms with Gasteiger partial charge in [-0.3, -0.25) is 4.79 Å². The Kier molecular flexibility index (Phi) is 4.67. The lowest BCUT2D eigenvalue weighted by molar-refractivity contribution is -0.00817. The third-order valence-electron chi connectivity index (χ3n) is 2.41. The molecular weight excluding hydrogens is 237 g/mol. The molecule has 0 bridgehead atoms. The van der Waals surface area contributed by atoms with Crippen LogP contribution in [0.3, 0.4) is 0 Å². The molecule has 2 N–H and O–H groups in total. The average Bonchev–Trinajstić information content (AvgIpc) is 2.26. The predicted octanol–water partition coefficient (Wildman–Crippen LogP) is 2.08. The standard InChI is InChI=1S/C13H18FNO3/c1-4-18-13(2,3)8-15-12(17)10-6-5-9(14)7-11(10)16/h5-7,16H,4,8H2,1-3H3,(H,15,17). The molecular formula is C13H18FNO3. The van der Waals surface area contributed by atoms with E-state index in [0.717, 1.165) is 12.1 Å². The van der Waals surface area contributed by atoms with Crippen molar-refractivity contribution in [3.8, 4) is 5.75 Å². The van der Waals surface area contributed by atoms with Crippen LogP contribution in [0.1, 0.15) is 31.1 Å². The predicted molar refractivity (Wildman–Crippen MR) is 66.1 cm³/mol. The van der Waals surface area contributed by atoms with Gasteiger partial charge in [0, 0.05) is 19.2 Å². The minimum absolute atomic E-state index is 0.0451. The normalized spacial score (nSPS) is 11.3. The number of phenols is 1. The first-order valence-corrected chi connectivity index (χ1v) is 5.76. The number of nitrogens with one attached hydrogen (secondary N) is 1. The summed E-state index contributed by atoms with van der Waals surface area (Å²) in [4.78, 5) is 11.8. The molecule has 1 rings (SSSR count). The third-order valence-corrected chi connectivity index (χ3v) is 2.41. The van der Waals surface area contributed by atoms with Gasteiger partial charge in [-0.25, -0.2) is 4.39 Å². The number of rotatable bonds is 5. The van der Waals surface area contributed by atoms with Gasteiger partial charge in [-0.1, -0.05) is 0 Å². The van der Waals surface area contributed by atoms with Crippen LogP contribution in [0.5, 0.6) is 5.75 Å². The smallest absolute Gasteiger partial charge is 0.255 e. The van der Waals surface area contributed by atoms with Crippen LogP contribution in [0.2, 0.25) is 0 Å². The molecule has 18 heavy (non-hydrogen) atoms. The van der Waals surface area contributed by atoms with Gasteiger partial charge in [-0.2, -0.15) is 0 Å². The van der Waals surface area contributed by atoms with E-state index in [1.165, 1.54) is 6.07 Å². The highest BCUT2D eigenvalue weighted by molar-refractivity contribution is 5.96. The van der Waals surface area contributed by atoms with Crippen molar-refractivity contribution in [3.05, 3.63) is 29.6 Å². The zero-order valence-electron chi connectivity index (χ0n) is 10.8. The lowest BCUT2D eigenvalue weighted by Crippen LogP contribution is -2.40. The molecule has 1 amide bonds. The van der Waals surface area contributed by atoms with Gasteiger partial charge in [0.15, 0.2) is 0 Å². The minimum Gasteiger partial charge on any atom is -0.507 e. The Balaban J connectivity index is 2.66. The molecule has 0 saturated heterocycles. The first-order valence-electron chi connectivity index (χ1n) is 5.76. The van der Waals surface area contributed by atoms with E-state index in [1.807, 2.05) is 20.8 Å². The maximum Gasteiger partial charge on any atom is 0.255 e. The van der Waals surface area contributed by atoms with E-state index < -0.39 is 17.3 Å². The monoisotopic (exact) mass is 255 g/mol. The summed E-state index contributed by atoms with van der Waals surface area (Å²) >= 11 is 0. The molecule has 0 atom stereocenters. The van der Waals surface area contributed by atoms with Crippen LogP contribution >= 0.6 is 0 Å². The van der Waals surface area contributed by atoms with Crippen molar-refractivity contribution in [1.29, 1.82) is 0 Å². The van der Waals surface area contributed by atoms with Crippen molar-refractivity contribution in [3.63, 3.8) is 0 Å². The number of hydrogen-bond donors (Lipinski definition) is 2. The maximum absolute atomic E-state index is 12.8. The summed E-state index contributed by atoms with van der Waals surface area (Å²) in [6.45, 7) is 6.42. The van der Waals surface area contributed by atoms with Crippen LogP contribution in [0.15, 0.2) is 18.2 Å². The summed E-state index contributed by atoms with van der Waals surface area (Å²) in [7, 11) is 0. The molecule has 1 aromatic carbocycles. The molecule has 0 aliphatic carbocycles. The molecule has 0 unspecified atom stereocenters. The highest BCUT2D eigenvalue weighted by atomic mass is 19.1. The highest BCUT2D eigenvalue weighted by Crippen LogP contribution is 2.18. The Morgan fingerprint density at radius 3 is 2.72 bits per heavy atom. The fraction of sp³-hybridized carbons (Fsp3) is 0.462. The van der Waals surface area contributed by atoms with Gasteiger partial charge >= 0.3 is 0 Å². The molecule has 0 aliphatic heterocycles. The number of benzene rings is 1. The molecule has 0 aromatic heterocycles. The van der Waals surface area contributed by atoms with Crippen LogP contribution in [0.25, 0.3) is 0 Å². The number of aromatic hydroxyl groups is 1. The van der Waals surface area contributed by atoms with Gasteiger partial charge in [-0.15, -0.1) is 0 Å². The maximum atomic E-state index is 12.8. The van der Waals surface area contributed by atoms with Crippen molar-refractivity contribution in [1.82, 2.24) is 5.32 Å². The highest BCUT2D eigenvalue weighted by Gasteiger charge is 2.20. The van der Waals surface area contributed by atoms with Gasteiger partial charge in [0.2, 0.25) is 0 Å². The SMILES string of the molecule is CCOC(C)(C)CNC(=O)c1ccc(F)cc1O. The second-order valence-electron chi connectivity index (χ2n) is 4.54. The van der Waals surface area contributed by atoms with E-state index in [1.54, 1.807) is 0 Å². The Labute approximate surface area is 106 Å². The topological polar surface area (TPSA) is 58.6 Å². The Hall–Kier alpha value is -1.62. The fourth-order valence-electron chi connectivity index (χ4n) is 1.53. The summed E-state index contributed by atoms with van der Waals surface area (Å²) in [5, 5.41) is 12.1. The first kappa shape index (κ1) is 14.4. The molecule has 1 aromatic rings. The van der Waals surface area contributed by atoms with Crippen LogP contribution in [-0.4, -0.2) is 29.8 Å². The second-order valence-corrected chi connectivity index (χ2v) is 4.54. The summed E-state index contributed by atoms with van der Waals surface area (Å²) in [6, 6.07) is 3.28. The van der Waals surface area contributed by atoms with Gasteiger partial charge in [0.25, 0.3) is 5.91 Å². The molecule has 5 heteroatoms. The minimum atomic E-state index is -0.585. The molecule has 0 fully saturated rings. The largest absolute Gasteiger partial charge is 0.507 e. The van der Waals surface area contributed by atoms with E-state index in [0.29, 0.717) is 13.2 Å². The summed E-state index contributed by atoms with van der Waals surface area (Å²) in [6.07, 6.45) is 0. The summed E-state index contributed by atoms with van der Waals surface area (Å²) < 4.78 is 18.2. The van der Waals surface area contributed by atoms with Crippen molar-refractivity contribution in [2.75, 3.05) is 13.2 Å². The van der Waals surface area contributed by atoms with E-state index >= 15 is 0 Å². The van der Waals surface area contributed by atoms with Crippen LogP contribution in [-0.2, 0) is 4.74 Å². The number of phenolic OH excluding ortho intramolecular Hbond substituents is 1. The van der Waals surface area contributed by atoms with E-state index in [4.69, 9.17) is 4.74 Å². The lowest BCUT2D eigenvalue weighted by atomic mass is 10.1. The van der Waals surface area contributed by atoms with Crippen molar-refractivity contribution in [2.24, 2.45) is 0 Å². The third kappa shape index (κ3) is 4.00. The second kappa shape index (κ2) is 5.82. The van der Waals surface area contributed by atoms with Gasteiger partial charge < -0.3 is 15.2 Å². The molecule has 4 nitrogen and oxygen atoms in total. The number of carbonyl (C=O) groups excluding carboxylic acids is 1. The van der Waals surface area contributed by atoms with E-state index in [-0.39, 0.29) is 11.3 Å². The Morgan fingerprint density at radius 2 is 2.17 bits per heavy atom. The Morgan fingerprint density at radius 1 is 1.50 bits per heavy atom. The fourth-order valence-corrected chi connectivity index (χ4v) is 1.53. The number of amides is 1. The molecule has 0 aliphatic rings. The van der Waals surface area contributed by atoms with Crippen molar-refractivity contribution >= 4 is 5.91 Å². The first-order chi connectivity index (χ1) is 8.35. The van der Waals surface area contributed by atoms with E-state index in [9.17, 15) is 14.3 Å². The Bertz CT molecular complexity index is 432. The lowest BCUT2D eigenvalue weighted by Gasteiger charge is -2.24. The van der Waals surface area contributed by atoms with E-state index in [2.05, 4.69) is 5.32 Å². The number of hydrogen-bond acceptors (Lipinski definition) is 3. The molecule has 0 heterocycles. The van der Waals surface area contributed by atoms with Crippen molar-refractivity contribution in [2.45, 2.75) is 26.4 Å². The molecule has 0 saturated carbocycles. The van der Waals surface area contributed by atoms with Gasteiger partial charge in [0.05, 0.1) is 11.2 Å². The molecule has 0 radical (unpaired) electrons. The van der Waals surface area contributed by atoms with Crippen molar-refractivity contribution < 1.29 is 19.0 Å². The number of carbonyl (C=O) groups is 1. The zero-order chi connectivity index (χ0) is 13.8. The zero-order valence-corrected chi connectivity index (χ0v) is 10.8. The number of halogens is 1.